The minimum Gasteiger partial charge on any atom is -0.246 e. The van der Waals surface area contributed by atoms with Crippen LogP contribution in [0.25, 0.3) is 0 Å². The van der Waals surface area contributed by atoms with Crippen molar-refractivity contribution < 1.29 is 0 Å². The molecule has 2 nitrogen and oxygen atoms in total. The molecule has 0 spiro atoms. The van der Waals surface area contributed by atoms with E-state index in [1.54, 1.807) is 13.3 Å². The van der Waals surface area contributed by atoms with Crippen LogP contribution in [0, 0.1) is 0 Å². The van der Waals surface area contributed by atoms with Gasteiger partial charge in [0.25, 0.3) is 0 Å². The molecule has 1 aromatic rings. The highest BCUT2D eigenvalue weighted by molar-refractivity contribution is 8.37. The number of rotatable bonds is 3. The summed E-state index contributed by atoms with van der Waals surface area (Å²) in [7, 11) is 1.67. The molecule has 1 rings (SSSR count). The molecule has 0 aliphatic rings. The molecular weight excluding hydrogens is 258 g/mol. The van der Waals surface area contributed by atoms with Gasteiger partial charge >= 0.3 is 0 Å². The van der Waals surface area contributed by atoms with E-state index in [0.717, 1.165) is 5.56 Å². The summed E-state index contributed by atoms with van der Waals surface area (Å²) in [5, 5.41) is 4.06. The van der Waals surface area contributed by atoms with Gasteiger partial charge in [-0.25, -0.2) is 4.78 Å². The number of nitrogens with zero attached hydrogens (tertiary/aromatic N) is 2. The van der Waals surface area contributed by atoms with Crippen molar-refractivity contribution in [1.82, 2.24) is 4.78 Å². The maximum Gasteiger partial charge on any atom is 0.222 e. The average Bonchev–Trinajstić information content (AvgIpc) is 2.14. The lowest BCUT2D eigenvalue weighted by Gasteiger charge is -2.15. The molecular formula is C8H9Cl2N2PS. The van der Waals surface area contributed by atoms with Crippen molar-refractivity contribution in [2.75, 3.05) is 7.05 Å². The number of hydrogen-bond acceptors (Lipinski definition) is 2. The van der Waals surface area contributed by atoms with Crippen molar-refractivity contribution in [2.45, 2.75) is 0 Å². The highest BCUT2D eigenvalue weighted by atomic mass is 35.9. The van der Waals surface area contributed by atoms with Gasteiger partial charge in [-0.05, 0) is 39.9 Å². The summed E-state index contributed by atoms with van der Waals surface area (Å²) < 4.78 is 1.42. The smallest absolute Gasteiger partial charge is 0.222 e. The van der Waals surface area contributed by atoms with Crippen molar-refractivity contribution in [1.29, 1.82) is 0 Å². The molecule has 0 N–H and O–H groups in total. The highest BCUT2D eigenvalue weighted by Crippen LogP contribution is 2.59. The van der Waals surface area contributed by atoms with Crippen LogP contribution in [-0.4, -0.2) is 18.0 Å². The van der Waals surface area contributed by atoms with E-state index in [9.17, 15) is 0 Å². The fraction of sp³-hybridized carbons (Fsp3) is 0.125. The molecule has 0 radical (unpaired) electrons. The van der Waals surface area contributed by atoms with Gasteiger partial charge in [0.05, 0.1) is 6.21 Å². The molecule has 1 aromatic carbocycles. The van der Waals surface area contributed by atoms with Gasteiger partial charge in [-0.15, -0.1) is 0 Å². The fourth-order valence-corrected chi connectivity index (χ4v) is 1.28. The molecule has 0 bridgehead atoms. The van der Waals surface area contributed by atoms with Crippen LogP contribution >= 0.6 is 27.4 Å². The van der Waals surface area contributed by atoms with Gasteiger partial charge in [0.15, 0.2) is 0 Å². The zero-order valence-corrected chi connectivity index (χ0v) is 10.7. The van der Waals surface area contributed by atoms with E-state index in [1.165, 1.54) is 4.78 Å². The Hall–Kier alpha value is -0.0800. The van der Waals surface area contributed by atoms with Gasteiger partial charge in [-0.3, -0.25) is 0 Å². The van der Waals surface area contributed by atoms with Gasteiger partial charge in [0, 0.05) is 7.05 Å². The molecule has 0 saturated heterocycles. The molecule has 0 saturated carbocycles. The summed E-state index contributed by atoms with van der Waals surface area (Å²) in [6.45, 7) is 0. The van der Waals surface area contributed by atoms with Crippen LogP contribution in [-0.2, 0) is 11.8 Å². The van der Waals surface area contributed by atoms with Crippen LogP contribution in [0.5, 0.6) is 0 Å². The first-order chi connectivity index (χ1) is 6.50. The second kappa shape index (κ2) is 5.13. The van der Waals surface area contributed by atoms with E-state index in [2.05, 4.69) is 5.10 Å². The molecule has 76 valence electrons. The fourth-order valence-electron chi connectivity index (χ4n) is 0.749. The number of benzene rings is 1. The Morgan fingerprint density at radius 1 is 1.36 bits per heavy atom. The molecule has 0 aliphatic heterocycles. The second-order valence-corrected chi connectivity index (χ2v) is 10.3. The molecule has 0 aliphatic carbocycles. The molecule has 0 aromatic heterocycles. The first kappa shape index (κ1) is 12.0. The van der Waals surface area contributed by atoms with Gasteiger partial charge in [-0.1, -0.05) is 30.3 Å². The zero-order valence-electron chi connectivity index (χ0n) is 7.47. The largest absolute Gasteiger partial charge is 0.246 e. The maximum atomic E-state index is 5.75. The predicted octanol–water partition coefficient (Wildman–Crippen LogP) is 3.65. The van der Waals surface area contributed by atoms with Crippen LogP contribution in [0.15, 0.2) is 35.4 Å². The Morgan fingerprint density at radius 3 is 2.43 bits per heavy atom. The predicted molar refractivity (Wildman–Crippen MR) is 67.8 cm³/mol. The maximum absolute atomic E-state index is 5.75. The number of halogens is 2. The van der Waals surface area contributed by atoms with Crippen LogP contribution in [0.1, 0.15) is 5.56 Å². The van der Waals surface area contributed by atoms with Crippen LogP contribution < -0.4 is 0 Å². The number of hydrazone groups is 1. The van der Waals surface area contributed by atoms with Crippen molar-refractivity contribution >= 4 is 45.4 Å². The molecule has 0 atom stereocenters. The van der Waals surface area contributed by atoms with Crippen LogP contribution in [0.4, 0.5) is 0 Å². The summed E-state index contributed by atoms with van der Waals surface area (Å²) >= 11 is 16.4. The van der Waals surface area contributed by atoms with E-state index in [4.69, 9.17) is 34.3 Å². The Morgan fingerprint density at radius 2 is 1.93 bits per heavy atom. The quantitative estimate of drug-likeness (QED) is 0.472. The van der Waals surface area contributed by atoms with E-state index >= 15 is 0 Å². The monoisotopic (exact) mass is 266 g/mol. The van der Waals surface area contributed by atoms with Gasteiger partial charge in [0.1, 0.15) is 0 Å². The topological polar surface area (TPSA) is 15.6 Å². The first-order valence-electron chi connectivity index (χ1n) is 3.83. The van der Waals surface area contributed by atoms with Crippen LogP contribution in [0.3, 0.4) is 0 Å². The van der Waals surface area contributed by atoms with Crippen LogP contribution in [0.2, 0.25) is 0 Å². The summed E-state index contributed by atoms with van der Waals surface area (Å²) in [6.07, 6.45) is 1.67. The molecule has 0 heterocycles. The van der Waals surface area contributed by atoms with E-state index in [1.807, 2.05) is 30.3 Å². The lowest BCUT2D eigenvalue weighted by molar-refractivity contribution is 0.611. The Labute approximate surface area is 98.2 Å². The number of hydrogen-bond donors (Lipinski definition) is 0. The van der Waals surface area contributed by atoms with E-state index in [0.29, 0.717) is 0 Å². The average molecular weight is 267 g/mol. The van der Waals surface area contributed by atoms with Crippen molar-refractivity contribution in [3.63, 3.8) is 0 Å². The molecule has 0 amide bonds. The van der Waals surface area contributed by atoms with E-state index in [-0.39, 0.29) is 0 Å². The Balaban J connectivity index is 2.70. The third-order valence-electron chi connectivity index (χ3n) is 1.51. The van der Waals surface area contributed by atoms with Crippen molar-refractivity contribution in [3.05, 3.63) is 35.9 Å². The van der Waals surface area contributed by atoms with Crippen molar-refractivity contribution in [2.24, 2.45) is 5.10 Å². The Bertz CT molecular complexity index is 363. The van der Waals surface area contributed by atoms with Crippen molar-refractivity contribution in [3.8, 4) is 0 Å². The van der Waals surface area contributed by atoms with Gasteiger partial charge in [-0.2, -0.15) is 5.10 Å². The first-order valence-corrected chi connectivity index (χ1v) is 8.39. The van der Waals surface area contributed by atoms with Gasteiger partial charge in [0.2, 0.25) is 4.89 Å². The third kappa shape index (κ3) is 3.97. The SMILES string of the molecule is CN(/N=C/c1ccccc1)P(=S)(Cl)Cl. The lowest BCUT2D eigenvalue weighted by Crippen LogP contribution is -2.00. The minimum atomic E-state index is -2.48. The minimum absolute atomic E-state index is 0.983. The standard InChI is InChI=1S/C8H9Cl2N2PS/c1-12(13(9,10)14)11-7-8-5-3-2-4-6-8/h2-7H,1H3/b11-7+. The van der Waals surface area contributed by atoms with Gasteiger partial charge < -0.3 is 0 Å². The molecule has 0 unspecified atom stereocenters. The Kier molecular flexibility index (Phi) is 4.39. The lowest BCUT2D eigenvalue weighted by atomic mass is 10.2. The highest BCUT2D eigenvalue weighted by Gasteiger charge is 2.12. The summed E-state index contributed by atoms with van der Waals surface area (Å²) in [4.78, 5) is -2.48. The van der Waals surface area contributed by atoms with E-state index < -0.39 is 4.89 Å². The summed E-state index contributed by atoms with van der Waals surface area (Å²) in [5.74, 6) is 0. The molecule has 14 heavy (non-hydrogen) atoms. The summed E-state index contributed by atoms with van der Waals surface area (Å²) in [6, 6.07) is 9.67. The normalized spacial score (nSPS) is 11.9. The third-order valence-corrected chi connectivity index (χ3v) is 4.31. The zero-order chi connectivity index (χ0) is 10.6. The molecule has 6 heteroatoms. The second-order valence-electron chi connectivity index (χ2n) is 2.58. The molecule has 0 fully saturated rings. The summed E-state index contributed by atoms with van der Waals surface area (Å²) in [5.41, 5.74) is 0.983.